The summed E-state index contributed by atoms with van der Waals surface area (Å²) in [6, 6.07) is 4.24. The number of hydrogen-bond acceptors (Lipinski definition) is 12. The first kappa shape index (κ1) is 49.1. The van der Waals surface area contributed by atoms with Gasteiger partial charge in [-0.05, 0) is 90.5 Å². The van der Waals surface area contributed by atoms with Crippen LogP contribution in [-0.4, -0.2) is 119 Å². The van der Waals surface area contributed by atoms with Gasteiger partial charge in [-0.3, -0.25) is 24.4 Å². The molecule has 3 aliphatic rings. The molecule has 1 aromatic carbocycles. The van der Waals surface area contributed by atoms with Crippen molar-refractivity contribution in [2.45, 2.75) is 131 Å². The monoisotopic (exact) mass is 900 g/mol. The standard InChI is InChI=1S/C49H69N7O9/c1-13-34(41(50-14-2)30(6)61-12)42-36-23-49(10,11)28-64-46(59)38-17-16-20-56(53-38)45(58)39(22-32-26-63-44(51-32)31-18-19-40(35(36)21-31)55(42)15-3)52-43(57)37(29(4)5)27-62-33-24-54(25-33)47(60)65-48(7,8)9/h13-14,18-19,21,26,29-30,33,37-39,53H,1,15-17,20,22-25,27-28H2,2-12H3,(H,52,57)/b41-34+,50-14?/t30-,37-,38-,39-/m0/s1. The Hall–Kier alpha value is -5.32. The van der Waals surface area contributed by atoms with Crippen LogP contribution in [0.3, 0.4) is 0 Å². The molecule has 0 unspecified atom stereocenters. The summed E-state index contributed by atoms with van der Waals surface area (Å²) in [7, 11) is 1.66. The van der Waals surface area contributed by atoms with Crippen LogP contribution in [0.1, 0.15) is 99.0 Å². The number of ether oxygens (including phenoxy) is 4. The van der Waals surface area contributed by atoms with E-state index in [-0.39, 0.29) is 43.7 Å². The van der Waals surface area contributed by atoms with Crippen molar-refractivity contribution in [1.29, 1.82) is 0 Å². The predicted molar refractivity (Wildman–Crippen MR) is 249 cm³/mol. The Morgan fingerprint density at radius 3 is 2.55 bits per heavy atom. The molecular weight excluding hydrogens is 831 g/mol. The third-order valence-electron chi connectivity index (χ3n) is 12.2. The van der Waals surface area contributed by atoms with Gasteiger partial charge >= 0.3 is 12.1 Å². The number of carbonyl (C=O) groups excluding carboxylic acids is 4. The molecule has 4 atom stereocenters. The molecule has 2 aromatic heterocycles. The van der Waals surface area contributed by atoms with Crippen molar-refractivity contribution in [3.05, 3.63) is 59.8 Å². The Kier molecular flexibility index (Phi) is 15.5. The van der Waals surface area contributed by atoms with Crippen LogP contribution in [0.5, 0.6) is 0 Å². The molecule has 6 bridgehead atoms. The number of likely N-dealkylation sites (tertiary alicyclic amines) is 1. The molecular formula is C49H69N7O9. The molecule has 354 valence electrons. The van der Waals surface area contributed by atoms with Crippen molar-refractivity contribution in [1.82, 2.24) is 30.2 Å². The second-order valence-electron chi connectivity index (χ2n) is 19.4. The van der Waals surface area contributed by atoms with E-state index < -0.39 is 47.0 Å². The van der Waals surface area contributed by atoms with Gasteiger partial charge in [-0.15, -0.1) is 0 Å². The molecule has 16 nitrogen and oxygen atoms in total. The van der Waals surface area contributed by atoms with Crippen molar-refractivity contribution >= 4 is 46.6 Å². The summed E-state index contributed by atoms with van der Waals surface area (Å²) in [5, 5.41) is 5.40. The van der Waals surface area contributed by atoms with E-state index in [2.05, 4.69) is 54.8 Å². The quantitative estimate of drug-likeness (QED) is 0.110. The predicted octanol–water partition coefficient (Wildman–Crippen LogP) is 6.90. The summed E-state index contributed by atoms with van der Waals surface area (Å²) in [6.45, 7) is 25.5. The lowest BCUT2D eigenvalue weighted by molar-refractivity contribution is -0.155. The molecule has 0 aliphatic carbocycles. The number of rotatable bonds is 12. The molecule has 2 fully saturated rings. The second-order valence-corrected chi connectivity index (χ2v) is 19.4. The fourth-order valence-corrected chi connectivity index (χ4v) is 8.59. The van der Waals surface area contributed by atoms with Gasteiger partial charge in [-0.1, -0.05) is 40.3 Å². The maximum absolute atomic E-state index is 14.5. The molecule has 5 heterocycles. The van der Waals surface area contributed by atoms with E-state index in [0.717, 1.165) is 39.0 Å². The summed E-state index contributed by atoms with van der Waals surface area (Å²) in [6.07, 6.45) is 5.67. The number of oxazole rings is 1. The number of hydrogen-bond donors (Lipinski definition) is 2. The first-order valence-electron chi connectivity index (χ1n) is 22.9. The number of fused-ring (bicyclic) bond motifs is 6. The van der Waals surface area contributed by atoms with Gasteiger partial charge in [0.2, 0.25) is 11.8 Å². The number of carbonyl (C=O) groups is 4. The van der Waals surface area contributed by atoms with Crippen LogP contribution in [0.2, 0.25) is 0 Å². The van der Waals surface area contributed by atoms with E-state index in [1.54, 1.807) is 18.2 Å². The van der Waals surface area contributed by atoms with Gasteiger partial charge in [0.15, 0.2) is 0 Å². The second kappa shape index (κ2) is 20.5. The molecule has 0 saturated carbocycles. The minimum atomic E-state index is -1.07. The van der Waals surface area contributed by atoms with Crippen LogP contribution in [-0.2, 0) is 52.7 Å². The molecule has 3 aliphatic heterocycles. The summed E-state index contributed by atoms with van der Waals surface area (Å²) in [4.78, 5) is 66.2. The van der Waals surface area contributed by atoms with Gasteiger partial charge in [-0.2, -0.15) is 0 Å². The van der Waals surface area contributed by atoms with Crippen molar-refractivity contribution in [3.8, 4) is 11.5 Å². The number of nitrogens with one attached hydrogen (secondary N) is 2. The fraction of sp³-hybridized carbons (Fsp3) is 0.592. The number of nitrogens with zero attached hydrogens (tertiary/aromatic N) is 5. The largest absolute Gasteiger partial charge is 0.464 e. The number of hydrazine groups is 1. The van der Waals surface area contributed by atoms with Crippen LogP contribution < -0.4 is 10.7 Å². The lowest BCUT2D eigenvalue weighted by atomic mass is 9.84. The molecule has 3 amide bonds. The minimum Gasteiger partial charge on any atom is -0.464 e. The van der Waals surface area contributed by atoms with Crippen molar-refractivity contribution in [3.63, 3.8) is 0 Å². The Labute approximate surface area is 383 Å². The Morgan fingerprint density at radius 1 is 1.17 bits per heavy atom. The number of amides is 3. The number of cyclic esters (lactones) is 1. The summed E-state index contributed by atoms with van der Waals surface area (Å²) < 4.78 is 31.9. The molecule has 16 heteroatoms. The minimum absolute atomic E-state index is 0.0183. The highest BCUT2D eigenvalue weighted by atomic mass is 16.6. The molecule has 3 aromatic rings. The average Bonchev–Trinajstić information content (AvgIpc) is 3.83. The zero-order valence-electron chi connectivity index (χ0n) is 40.1. The van der Waals surface area contributed by atoms with E-state index in [9.17, 15) is 19.2 Å². The van der Waals surface area contributed by atoms with E-state index in [1.807, 2.05) is 60.6 Å². The maximum Gasteiger partial charge on any atom is 0.410 e. The van der Waals surface area contributed by atoms with Crippen LogP contribution in [0.25, 0.3) is 27.9 Å². The van der Waals surface area contributed by atoms with Gasteiger partial charge in [0.05, 0.1) is 61.5 Å². The SMILES string of the molecule is C=C/C(=C(\N=CC)[C@H](C)OC)c1c2c3cc(ccc3n1CC)-c1nc(co1)C[C@H](NC(=O)[C@@H](COC1CN(C(=O)OC(C)(C)C)C1)C(C)C)C(=O)N1CCC[C@H](N1)C(=O)OCC(C)(C)C2. The normalized spacial score (nSPS) is 21.1. The number of methoxy groups -OCH3 is 1. The fourth-order valence-electron chi connectivity index (χ4n) is 8.59. The van der Waals surface area contributed by atoms with Crippen molar-refractivity contribution in [2.24, 2.45) is 22.2 Å². The number of benzene rings is 1. The van der Waals surface area contributed by atoms with Gasteiger partial charge in [0, 0.05) is 60.3 Å². The molecule has 6 rings (SSSR count). The number of aryl methyl sites for hydroxylation is 1. The topological polar surface area (TPSA) is 179 Å². The number of allylic oxidation sites excluding steroid dienone is 2. The summed E-state index contributed by atoms with van der Waals surface area (Å²) >= 11 is 0. The Bertz CT molecular complexity index is 2290. The van der Waals surface area contributed by atoms with Gasteiger partial charge in [-0.25, -0.2) is 15.2 Å². The summed E-state index contributed by atoms with van der Waals surface area (Å²) in [5.74, 6) is -1.64. The molecule has 2 N–H and O–H groups in total. The first-order chi connectivity index (χ1) is 30.8. The van der Waals surface area contributed by atoms with Gasteiger partial charge in [0.25, 0.3) is 5.91 Å². The first-order valence-corrected chi connectivity index (χ1v) is 22.9. The highest BCUT2D eigenvalue weighted by Gasteiger charge is 2.39. The lowest BCUT2D eigenvalue weighted by Gasteiger charge is -2.40. The van der Waals surface area contributed by atoms with E-state index in [1.165, 1.54) is 11.3 Å². The van der Waals surface area contributed by atoms with E-state index in [0.29, 0.717) is 57.0 Å². The van der Waals surface area contributed by atoms with Crippen LogP contribution in [0.4, 0.5) is 4.79 Å². The van der Waals surface area contributed by atoms with Gasteiger partial charge in [0.1, 0.15) is 23.9 Å². The average molecular weight is 900 g/mol. The maximum atomic E-state index is 14.5. The van der Waals surface area contributed by atoms with Gasteiger partial charge < -0.3 is 38.1 Å². The Balaban J connectivity index is 1.36. The van der Waals surface area contributed by atoms with Crippen molar-refractivity contribution in [2.75, 3.05) is 40.0 Å². The molecule has 0 spiro atoms. The van der Waals surface area contributed by atoms with Crippen LogP contribution in [0.15, 0.2) is 52.2 Å². The number of esters is 1. The highest BCUT2D eigenvalue weighted by molar-refractivity contribution is 5.95. The molecule has 0 radical (unpaired) electrons. The summed E-state index contributed by atoms with van der Waals surface area (Å²) in [5.41, 5.74) is 7.69. The van der Waals surface area contributed by atoms with E-state index in [4.69, 9.17) is 33.3 Å². The highest BCUT2D eigenvalue weighted by Crippen LogP contribution is 2.40. The third-order valence-corrected chi connectivity index (χ3v) is 12.2. The molecule has 2 saturated heterocycles. The number of aromatic nitrogens is 2. The zero-order valence-corrected chi connectivity index (χ0v) is 40.1. The van der Waals surface area contributed by atoms with Crippen LogP contribution in [0, 0.1) is 17.3 Å². The number of aliphatic imine (C=N–C) groups is 1. The van der Waals surface area contributed by atoms with Crippen LogP contribution >= 0.6 is 0 Å². The smallest absolute Gasteiger partial charge is 0.410 e. The van der Waals surface area contributed by atoms with E-state index >= 15 is 0 Å². The zero-order chi connectivity index (χ0) is 47.4. The van der Waals surface area contributed by atoms with Crippen molar-refractivity contribution < 1.29 is 42.5 Å². The Morgan fingerprint density at radius 2 is 1.91 bits per heavy atom. The third kappa shape index (κ3) is 11.4. The lowest BCUT2D eigenvalue weighted by Crippen LogP contribution is -2.61. The molecule has 65 heavy (non-hydrogen) atoms.